The number of nitrogens with one attached hydrogen (secondary N) is 1. The van der Waals surface area contributed by atoms with E-state index in [0.29, 0.717) is 18.6 Å². The number of Topliss-reactive ketones (excluding diaryl/α,β-unsaturated/α-hetero) is 1. The lowest BCUT2D eigenvalue weighted by atomic mass is 10.0. The Morgan fingerprint density at radius 2 is 1.76 bits per heavy atom. The highest BCUT2D eigenvalue weighted by atomic mass is 127. The van der Waals surface area contributed by atoms with Crippen LogP contribution in [-0.2, 0) is 11.3 Å². The van der Waals surface area contributed by atoms with Gasteiger partial charge in [-0.2, -0.15) is 0 Å². The van der Waals surface area contributed by atoms with Crippen molar-refractivity contribution in [1.29, 1.82) is 0 Å². The van der Waals surface area contributed by atoms with Crippen LogP contribution in [0.3, 0.4) is 0 Å². The number of halogens is 1. The number of benzene rings is 2. The van der Waals surface area contributed by atoms with Crippen molar-refractivity contribution in [1.82, 2.24) is 18.8 Å². The number of ketones is 1. The van der Waals surface area contributed by atoms with E-state index in [1.807, 2.05) is 12.4 Å². The molecule has 5 nitrogen and oxygen atoms in total. The van der Waals surface area contributed by atoms with Crippen LogP contribution < -0.4 is 0 Å². The Morgan fingerprint density at radius 3 is 2.56 bits per heavy atom. The molecule has 0 spiro atoms. The molecule has 1 aliphatic heterocycles. The van der Waals surface area contributed by atoms with Gasteiger partial charge in [-0.3, -0.25) is 13.7 Å². The number of pyridine rings is 1. The van der Waals surface area contributed by atoms with Crippen LogP contribution >= 0.6 is 30.3 Å². The van der Waals surface area contributed by atoms with E-state index in [2.05, 4.69) is 95.9 Å². The molecular formula is C27H23IN4OS. The number of aromatic amines is 1. The maximum Gasteiger partial charge on any atom is 0.151 e. The summed E-state index contributed by atoms with van der Waals surface area (Å²) in [4.78, 5) is 22.0. The zero-order valence-corrected chi connectivity index (χ0v) is 21.5. The number of carbonyl (C=O) groups excluding carboxylic acids is 1. The van der Waals surface area contributed by atoms with E-state index in [-0.39, 0.29) is 0 Å². The summed E-state index contributed by atoms with van der Waals surface area (Å²) >= 11 is 2.31. The van der Waals surface area contributed by atoms with E-state index >= 15 is 0 Å². The summed E-state index contributed by atoms with van der Waals surface area (Å²) in [5.74, 6) is 0.386. The molecular weight excluding hydrogens is 555 g/mol. The number of fused-ring (bicyclic) bond motifs is 2. The zero-order chi connectivity index (χ0) is 23.1. The van der Waals surface area contributed by atoms with E-state index in [1.54, 1.807) is 9.12 Å². The van der Waals surface area contributed by atoms with Gasteiger partial charge < -0.3 is 4.98 Å². The molecule has 0 atom stereocenters. The highest BCUT2D eigenvalue weighted by Crippen LogP contribution is 2.36. The Labute approximate surface area is 214 Å². The minimum Gasteiger partial charge on any atom is -0.361 e. The number of nitrogens with zero attached hydrogens (tertiary/aromatic N) is 3. The minimum atomic E-state index is 0.386. The number of rotatable bonds is 5. The number of hydrogen-bond acceptors (Lipinski definition) is 4. The van der Waals surface area contributed by atoms with Gasteiger partial charge in [0.05, 0.1) is 0 Å². The molecule has 0 amide bonds. The van der Waals surface area contributed by atoms with Crippen molar-refractivity contribution < 1.29 is 4.79 Å². The normalized spacial score (nSPS) is 14.9. The Kier molecular flexibility index (Phi) is 5.92. The van der Waals surface area contributed by atoms with Crippen LogP contribution in [0.25, 0.3) is 44.2 Å². The fourth-order valence-electron chi connectivity index (χ4n) is 4.76. The quantitative estimate of drug-likeness (QED) is 0.232. The molecule has 1 aliphatic rings. The topological polar surface area (TPSA) is 53.9 Å². The first-order chi connectivity index (χ1) is 16.7. The number of piperidine rings is 1. The van der Waals surface area contributed by atoms with Gasteiger partial charge in [-0.1, -0.05) is 30.3 Å². The number of likely N-dealkylation sites (tertiary alicyclic amines) is 1. The van der Waals surface area contributed by atoms with Crippen molar-refractivity contribution in [2.45, 2.75) is 19.4 Å². The molecule has 170 valence electrons. The maximum absolute atomic E-state index is 11.5. The molecule has 0 radical (unpaired) electrons. The lowest BCUT2D eigenvalue weighted by Gasteiger charge is -2.25. The van der Waals surface area contributed by atoms with Gasteiger partial charge in [-0.25, -0.2) is 4.98 Å². The number of H-pyrrole nitrogens is 1. The standard InChI is InChI=1S/C27H23IN4OS/c28-34-32-17-25(20-5-6-26-21(13-20)7-10-29-26)24-14-22(15-30-27(24)32)19-3-1-18(2-4-19)16-31-11-8-23(33)9-12-31/h1-7,10,13-15,17,29H,8-9,11-12,16H2. The summed E-state index contributed by atoms with van der Waals surface area (Å²) in [6.45, 7) is 2.63. The van der Waals surface area contributed by atoms with Crippen molar-refractivity contribution in [3.8, 4) is 22.3 Å². The molecule has 1 fully saturated rings. The summed E-state index contributed by atoms with van der Waals surface area (Å²) < 4.78 is 2.13. The van der Waals surface area contributed by atoms with Gasteiger partial charge >= 0.3 is 0 Å². The molecule has 0 unspecified atom stereocenters. The van der Waals surface area contributed by atoms with Crippen LogP contribution in [0.5, 0.6) is 0 Å². The molecule has 4 heterocycles. The minimum absolute atomic E-state index is 0.386. The largest absolute Gasteiger partial charge is 0.361 e. The molecule has 5 aromatic rings. The second kappa shape index (κ2) is 9.20. The Bertz CT molecular complexity index is 1490. The highest BCUT2D eigenvalue weighted by molar-refractivity contribution is 14.2. The molecule has 1 N–H and O–H groups in total. The fraction of sp³-hybridized carbons (Fsp3) is 0.185. The molecule has 7 heteroatoms. The van der Waals surface area contributed by atoms with Crippen LogP contribution in [0, 0.1) is 0 Å². The third-order valence-corrected chi connectivity index (χ3v) is 8.36. The summed E-state index contributed by atoms with van der Waals surface area (Å²) in [5.41, 5.74) is 8.05. The van der Waals surface area contributed by atoms with Crippen molar-refractivity contribution in [2.24, 2.45) is 0 Å². The van der Waals surface area contributed by atoms with Crippen LogP contribution in [0.15, 0.2) is 73.2 Å². The third-order valence-electron chi connectivity index (χ3n) is 6.66. The molecule has 6 rings (SSSR count). The van der Waals surface area contributed by atoms with Gasteiger partial charge in [0.15, 0.2) is 5.65 Å². The van der Waals surface area contributed by atoms with Crippen LogP contribution in [0.1, 0.15) is 18.4 Å². The van der Waals surface area contributed by atoms with Crippen LogP contribution in [0.2, 0.25) is 0 Å². The van der Waals surface area contributed by atoms with E-state index in [4.69, 9.17) is 4.98 Å². The summed E-state index contributed by atoms with van der Waals surface area (Å²) in [7, 11) is 1.63. The average Bonchev–Trinajstić information content (AvgIpc) is 3.49. The molecule has 3 aromatic heterocycles. The number of hydrogen-bond donors (Lipinski definition) is 1. The monoisotopic (exact) mass is 578 g/mol. The Morgan fingerprint density at radius 1 is 0.971 bits per heavy atom. The smallest absolute Gasteiger partial charge is 0.151 e. The Hall–Kier alpha value is -2.62. The van der Waals surface area contributed by atoms with Crippen molar-refractivity contribution in [2.75, 3.05) is 13.1 Å². The molecule has 2 aromatic carbocycles. The molecule has 0 aliphatic carbocycles. The SMILES string of the molecule is O=C1CCN(Cc2ccc(-c3cnc4c(c3)c(-c3ccc5[nH]ccc5c3)cn4SI)cc2)CC1. The first-order valence-electron chi connectivity index (χ1n) is 11.4. The second-order valence-corrected chi connectivity index (χ2v) is 10.5. The average molecular weight is 578 g/mol. The van der Waals surface area contributed by atoms with Crippen LogP contribution in [0.4, 0.5) is 0 Å². The predicted molar refractivity (Wildman–Crippen MR) is 149 cm³/mol. The van der Waals surface area contributed by atoms with Gasteiger partial charge in [-0.15, -0.1) is 0 Å². The highest BCUT2D eigenvalue weighted by Gasteiger charge is 2.17. The van der Waals surface area contributed by atoms with E-state index in [9.17, 15) is 4.79 Å². The predicted octanol–water partition coefficient (Wildman–Crippen LogP) is 6.86. The second-order valence-electron chi connectivity index (χ2n) is 8.82. The number of aromatic nitrogens is 3. The van der Waals surface area contributed by atoms with Gasteiger partial charge in [0.25, 0.3) is 0 Å². The van der Waals surface area contributed by atoms with E-state index in [1.165, 1.54) is 22.1 Å². The zero-order valence-electron chi connectivity index (χ0n) is 18.5. The molecule has 1 saturated heterocycles. The van der Waals surface area contributed by atoms with Gasteiger partial charge in [0, 0.05) is 103 Å². The van der Waals surface area contributed by atoms with Gasteiger partial charge in [0.2, 0.25) is 0 Å². The van der Waals surface area contributed by atoms with E-state index < -0.39 is 0 Å². The van der Waals surface area contributed by atoms with Gasteiger partial charge in [0.1, 0.15) is 5.78 Å². The molecule has 0 saturated carbocycles. The lowest BCUT2D eigenvalue weighted by molar-refractivity contribution is -0.121. The Balaban J connectivity index is 1.33. The molecule has 0 bridgehead atoms. The van der Waals surface area contributed by atoms with Gasteiger partial charge in [-0.05, 0) is 46.3 Å². The number of carbonyl (C=O) groups is 1. The first-order valence-corrected chi connectivity index (χ1v) is 14.7. The first kappa shape index (κ1) is 21.9. The van der Waals surface area contributed by atoms with Crippen molar-refractivity contribution >= 4 is 58.0 Å². The fourth-order valence-corrected chi connectivity index (χ4v) is 6.02. The van der Waals surface area contributed by atoms with E-state index in [0.717, 1.165) is 47.3 Å². The lowest BCUT2D eigenvalue weighted by Crippen LogP contribution is -2.33. The summed E-state index contributed by atoms with van der Waals surface area (Å²) in [5, 5.41) is 2.36. The summed E-state index contributed by atoms with van der Waals surface area (Å²) in [6.07, 6.45) is 7.48. The molecule has 34 heavy (non-hydrogen) atoms. The maximum atomic E-state index is 11.5. The van der Waals surface area contributed by atoms with Crippen molar-refractivity contribution in [3.63, 3.8) is 0 Å². The third kappa shape index (κ3) is 4.16. The van der Waals surface area contributed by atoms with Crippen LogP contribution in [-0.4, -0.2) is 37.7 Å². The summed E-state index contributed by atoms with van der Waals surface area (Å²) in [6, 6.07) is 19.7. The van der Waals surface area contributed by atoms with Crippen molar-refractivity contribution in [3.05, 3.63) is 78.8 Å².